The SMILES string of the molecule is CN1CCCC1CNc1snc(N)c1C(=O)NC1CC1. The van der Waals surface area contributed by atoms with Gasteiger partial charge in [-0.15, -0.1) is 0 Å². The number of nitrogens with two attached hydrogens (primary N) is 1. The fraction of sp³-hybridized carbons (Fsp3) is 0.692. The van der Waals surface area contributed by atoms with Gasteiger partial charge >= 0.3 is 0 Å². The number of hydrogen-bond donors (Lipinski definition) is 3. The lowest BCUT2D eigenvalue weighted by atomic mass is 10.2. The molecule has 1 aromatic heterocycles. The Morgan fingerprint density at radius 1 is 1.50 bits per heavy atom. The number of nitrogens with one attached hydrogen (secondary N) is 2. The summed E-state index contributed by atoms with van der Waals surface area (Å²) in [7, 11) is 2.14. The molecule has 2 heterocycles. The van der Waals surface area contributed by atoms with Crippen molar-refractivity contribution < 1.29 is 4.79 Å². The summed E-state index contributed by atoms with van der Waals surface area (Å²) in [4.78, 5) is 14.5. The van der Waals surface area contributed by atoms with E-state index in [1.165, 1.54) is 24.4 Å². The largest absolute Gasteiger partial charge is 0.382 e. The van der Waals surface area contributed by atoms with E-state index in [9.17, 15) is 4.79 Å². The zero-order valence-electron chi connectivity index (χ0n) is 11.7. The van der Waals surface area contributed by atoms with Crippen molar-refractivity contribution in [2.75, 3.05) is 31.2 Å². The van der Waals surface area contributed by atoms with E-state index in [-0.39, 0.29) is 5.91 Å². The summed E-state index contributed by atoms with van der Waals surface area (Å²) in [5, 5.41) is 7.12. The zero-order chi connectivity index (χ0) is 14.1. The smallest absolute Gasteiger partial charge is 0.258 e. The van der Waals surface area contributed by atoms with Crippen LogP contribution in [0.25, 0.3) is 0 Å². The van der Waals surface area contributed by atoms with Gasteiger partial charge in [-0.25, -0.2) is 0 Å². The Kier molecular flexibility index (Phi) is 3.80. The Hall–Kier alpha value is -1.34. The minimum atomic E-state index is -0.0963. The third-order valence-corrected chi connectivity index (χ3v) is 4.85. The number of likely N-dealkylation sites (tertiary alicyclic amines) is 1. The molecule has 1 saturated heterocycles. The molecule has 2 aliphatic rings. The molecule has 1 amide bonds. The topological polar surface area (TPSA) is 83.3 Å². The number of carbonyl (C=O) groups excluding carboxylic acids is 1. The number of hydrogen-bond acceptors (Lipinski definition) is 6. The number of likely N-dealkylation sites (N-methyl/N-ethyl adjacent to an activating group) is 1. The zero-order valence-corrected chi connectivity index (χ0v) is 12.5. The minimum absolute atomic E-state index is 0.0963. The molecule has 110 valence electrons. The molecule has 1 aliphatic carbocycles. The number of carbonyl (C=O) groups is 1. The van der Waals surface area contributed by atoms with Crippen LogP contribution in [0.15, 0.2) is 0 Å². The molecule has 0 radical (unpaired) electrons. The van der Waals surface area contributed by atoms with Crippen LogP contribution in [0.1, 0.15) is 36.0 Å². The summed E-state index contributed by atoms with van der Waals surface area (Å²) in [6.45, 7) is 1.98. The first-order valence-corrected chi connectivity index (χ1v) is 7.92. The van der Waals surface area contributed by atoms with Gasteiger partial charge in [-0.1, -0.05) is 0 Å². The fourth-order valence-electron chi connectivity index (χ4n) is 2.58. The van der Waals surface area contributed by atoms with Gasteiger partial charge < -0.3 is 21.3 Å². The molecule has 4 N–H and O–H groups in total. The van der Waals surface area contributed by atoms with E-state index in [0.29, 0.717) is 23.5 Å². The van der Waals surface area contributed by atoms with E-state index in [2.05, 4.69) is 27.0 Å². The number of aromatic nitrogens is 1. The Morgan fingerprint density at radius 2 is 2.30 bits per heavy atom. The van der Waals surface area contributed by atoms with E-state index in [1.807, 2.05) is 0 Å². The summed E-state index contributed by atoms with van der Waals surface area (Å²) >= 11 is 1.27. The Bertz CT molecular complexity index is 499. The average molecular weight is 295 g/mol. The number of anilines is 2. The van der Waals surface area contributed by atoms with Crippen molar-refractivity contribution in [2.45, 2.75) is 37.8 Å². The van der Waals surface area contributed by atoms with Crippen molar-refractivity contribution in [3.8, 4) is 0 Å². The quantitative estimate of drug-likeness (QED) is 0.758. The first-order valence-electron chi connectivity index (χ1n) is 7.15. The third-order valence-electron chi connectivity index (χ3n) is 4.03. The summed E-state index contributed by atoms with van der Waals surface area (Å²) in [5.41, 5.74) is 6.35. The van der Waals surface area contributed by atoms with E-state index in [4.69, 9.17) is 5.73 Å². The molecule has 1 atom stereocenters. The maximum Gasteiger partial charge on any atom is 0.258 e. The van der Waals surface area contributed by atoms with Crippen LogP contribution in [0.3, 0.4) is 0 Å². The predicted octanol–water partition coefficient (Wildman–Crippen LogP) is 1.12. The summed E-state index contributed by atoms with van der Waals surface area (Å²) in [5.74, 6) is 0.233. The van der Waals surface area contributed by atoms with E-state index < -0.39 is 0 Å². The van der Waals surface area contributed by atoms with Crippen LogP contribution in [0.4, 0.5) is 10.8 Å². The van der Waals surface area contributed by atoms with Gasteiger partial charge in [0.15, 0.2) is 5.82 Å². The van der Waals surface area contributed by atoms with Crippen LogP contribution < -0.4 is 16.4 Å². The lowest BCUT2D eigenvalue weighted by molar-refractivity contribution is 0.0953. The highest BCUT2D eigenvalue weighted by atomic mass is 32.1. The highest BCUT2D eigenvalue weighted by Gasteiger charge is 2.28. The van der Waals surface area contributed by atoms with Crippen molar-refractivity contribution in [2.24, 2.45) is 0 Å². The standard InChI is InChI=1S/C13H21N5OS/c1-18-6-2-3-9(18)7-15-13-10(11(14)17-20-13)12(19)16-8-4-5-8/h8-9,15H,2-7H2,1H3,(H2,14,17)(H,16,19). The average Bonchev–Trinajstić information content (AvgIpc) is 3.00. The second kappa shape index (κ2) is 5.57. The molecule has 0 bridgehead atoms. The highest BCUT2D eigenvalue weighted by Crippen LogP contribution is 2.29. The third kappa shape index (κ3) is 2.88. The molecular weight excluding hydrogens is 274 g/mol. The van der Waals surface area contributed by atoms with Gasteiger partial charge in [-0.3, -0.25) is 4.79 Å². The molecule has 20 heavy (non-hydrogen) atoms. The van der Waals surface area contributed by atoms with Gasteiger partial charge in [0.2, 0.25) is 0 Å². The Labute approximate surface area is 122 Å². The number of nitrogen functional groups attached to an aromatic ring is 1. The minimum Gasteiger partial charge on any atom is -0.382 e. The number of rotatable bonds is 5. The van der Waals surface area contributed by atoms with Crippen LogP contribution in [-0.2, 0) is 0 Å². The van der Waals surface area contributed by atoms with Crippen molar-refractivity contribution in [3.05, 3.63) is 5.56 Å². The molecule has 7 heteroatoms. The molecular formula is C13H21N5OS. The second-order valence-corrected chi connectivity index (χ2v) is 6.45. The maximum atomic E-state index is 12.2. The first-order chi connectivity index (χ1) is 9.65. The van der Waals surface area contributed by atoms with E-state index in [1.54, 1.807) is 0 Å². The molecule has 2 fully saturated rings. The molecule has 1 aliphatic heterocycles. The van der Waals surface area contributed by atoms with Gasteiger partial charge in [0.1, 0.15) is 10.6 Å². The van der Waals surface area contributed by atoms with Gasteiger partial charge in [-0.2, -0.15) is 4.37 Å². The predicted molar refractivity (Wildman–Crippen MR) is 81.2 cm³/mol. The lowest BCUT2D eigenvalue weighted by Gasteiger charge is -2.20. The highest BCUT2D eigenvalue weighted by molar-refractivity contribution is 7.11. The van der Waals surface area contributed by atoms with Gasteiger partial charge in [0.05, 0.1) is 0 Å². The van der Waals surface area contributed by atoms with Crippen molar-refractivity contribution >= 4 is 28.3 Å². The molecule has 0 aromatic carbocycles. The fourth-order valence-corrected chi connectivity index (χ4v) is 3.29. The summed E-state index contributed by atoms with van der Waals surface area (Å²) in [6, 6.07) is 0.855. The first kappa shape index (κ1) is 13.6. The maximum absolute atomic E-state index is 12.2. The van der Waals surface area contributed by atoms with Crippen molar-refractivity contribution in [1.82, 2.24) is 14.6 Å². The van der Waals surface area contributed by atoms with Crippen LogP contribution in [0, 0.1) is 0 Å². The summed E-state index contributed by atoms with van der Waals surface area (Å²) in [6.07, 6.45) is 4.57. The van der Waals surface area contributed by atoms with Crippen molar-refractivity contribution in [1.29, 1.82) is 0 Å². The van der Waals surface area contributed by atoms with Gasteiger partial charge in [0.25, 0.3) is 5.91 Å². The second-order valence-electron chi connectivity index (χ2n) is 5.68. The molecule has 3 rings (SSSR count). The molecule has 1 unspecified atom stereocenters. The Morgan fingerprint density at radius 3 is 2.95 bits per heavy atom. The van der Waals surface area contributed by atoms with Gasteiger partial charge in [0, 0.05) is 18.6 Å². The van der Waals surface area contributed by atoms with Crippen LogP contribution >= 0.6 is 11.5 Å². The normalized spacial score (nSPS) is 22.9. The van der Waals surface area contributed by atoms with Crippen LogP contribution in [-0.4, -0.2) is 47.4 Å². The Balaban J connectivity index is 1.64. The van der Waals surface area contributed by atoms with E-state index in [0.717, 1.165) is 30.9 Å². The van der Waals surface area contributed by atoms with Crippen molar-refractivity contribution in [3.63, 3.8) is 0 Å². The summed E-state index contributed by atoms with van der Waals surface area (Å²) < 4.78 is 4.11. The molecule has 1 aromatic rings. The number of nitrogens with zero attached hydrogens (tertiary/aromatic N) is 2. The van der Waals surface area contributed by atoms with Gasteiger partial charge in [-0.05, 0) is 50.8 Å². The lowest BCUT2D eigenvalue weighted by Crippen LogP contribution is -2.32. The van der Waals surface area contributed by atoms with Crippen LogP contribution in [0.5, 0.6) is 0 Å². The molecule has 1 saturated carbocycles. The number of amides is 1. The molecule has 0 spiro atoms. The molecule has 6 nitrogen and oxygen atoms in total. The van der Waals surface area contributed by atoms with Crippen LogP contribution in [0.2, 0.25) is 0 Å². The monoisotopic (exact) mass is 295 g/mol. The van der Waals surface area contributed by atoms with E-state index >= 15 is 0 Å².